The molecule has 1 N–H and O–H groups in total. The summed E-state index contributed by atoms with van der Waals surface area (Å²) in [5.41, 5.74) is 0.846. The first kappa shape index (κ1) is 14.3. The lowest BCUT2D eigenvalue weighted by molar-refractivity contribution is -0.384. The molecule has 1 aliphatic carbocycles. The SMILES string of the molecule is N#Cc1cc([N+](=O)[O-])ccc1NCCCOCC1CC1. The molecule has 0 heterocycles. The molecule has 0 bridgehead atoms. The quantitative estimate of drug-likeness (QED) is 0.447. The van der Waals surface area contributed by atoms with E-state index in [0.717, 1.165) is 18.9 Å². The lowest BCUT2D eigenvalue weighted by atomic mass is 10.1. The number of nitro groups is 1. The zero-order valence-corrected chi connectivity index (χ0v) is 11.2. The summed E-state index contributed by atoms with van der Waals surface area (Å²) >= 11 is 0. The van der Waals surface area contributed by atoms with Gasteiger partial charge in [0, 0.05) is 31.9 Å². The molecule has 1 aromatic carbocycles. The highest BCUT2D eigenvalue weighted by atomic mass is 16.6. The molecule has 1 aliphatic rings. The molecule has 106 valence electrons. The minimum Gasteiger partial charge on any atom is -0.384 e. The molecule has 0 saturated heterocycles. The van der Waals surface area contributed by atoms with E-state index in [2.05, 4.69) is 5.32 Å². The average Bonchev–Trinajstić information content (AvgIpc) is 3.26. The van der Waals surface area contributed by atoms with Gasteiger partial charge < -0.3 is 10.1 Å². The predicted molar refractivity (Wildman–Crippen MR) is 74.5 cm³/mol. The summed E-state index contributed by atoms with van der Waals surface area (Å²) in [4.78, 5) is 10.1. The van der Waals surface area contributed by atoms with Crippen molar-refractivity contribution < 1.29 is 9.66 Å². The largest absolute Gasteiger partial charge is 0.384 e. The van der Waals surface area contributed by atoms with Gasteiger partial charge in [-0.2, -0.15) is 5.26 Å². The predicted octanol–water partition coefficient (Wildman–Crippen LogP) is 2.70. The van der Waals surface area contributed by atoms with Crippen LogP contribution < -0.4 is 5.32 Å². The van der Waals surface area contributed by atoms with Crippen LogP contribution in [0.25, 0.3) is 0 Å². The van der Waals surface area contributed by atoms with Gasteiger partial charge in [-0.25, -0.2) is 0 Å². The number of benzene rings is 1. The van der Waals surface area contributed by atoms with E-state index in [1.54, 1.807) is 6.07 Å². The van der Waals surface area contributed by atoms with Crippen LogP contribution >= 0.6 is 0 Å². The van der Waals surface area contributed by atoms with Crippen molar-refractivity contribution in [2.45, 2.75) is 19.3 Å². The zero-order valence-electron chi connectivity index (χ0n) is 11.2. The molecule has 0 spiro atoms. The second kappa shape index (κ2) is 6.87. The van der Waals surface area contributed by atoms with Crippen molar-refractivity contribution >= 4 is 11.4 Å². The zero-order chi connectivity index (χ0) is 14.4. The van der Waals surface area contributed by atoms with Crippen LogP contribution in [-0.2, 0) is 4.74 Å². The van der Waals surface area contributed by atoms with Crippen LogP contribution in [0, 0.1) is 27.4 Å². The monoisotopic (exact) mass is 275 g/mol. The van der Waals surface area contributed by atoms with Crippen LogP contribution in [0.5, 0.6) is 0 Å². The van der Waals surface area contributed by atoms with Gasteiger partial charge >= 0.3 is 0 Å². The summed E-state index contributed by atoms with van der Waals surface area (Å²) in [5, 5.41) is 22.7. The van der Waals surface area contributed by atoms with Gasteiger partial charge in [0.05, 0.1) is 16.2 Å². The summed E-state index contributed by atoms with van der Waals surface area (Å²) in [5.74, 6) is 0.767. The Labute approximate surface area is 117 Å². The van der Waals surface area contributed by atoms with Crippen molar-refractivity contribution in [2.75, 3.05) is 25.1 Å². The minimum absolute atomic E-state index is 0.0696. The van der Waals surface area contributed by atoms with E-state index < -0.39 is 4.92 Å². The van der Waals surface area contributed by atoms with Crippen LogP contribution in [-0.4, -0.2) is 24.7 Å². The molecule has 1 saturated carbocycles. The van der Waals surface area contributed by atoms with E-state index in [1.807, 2.05) is 6.07 Å². The number of nitrogens with zero attached hydrogens (tertiary/aromatic N) is 2. The Bertz CT molecular complexity index is 521. The maximum atomic E-state index is 10.6. The number of hydrogen-bond acceptors (Lipinski definition) is 5. The Morgan fingerprint density at radius 1 is 1.50 bits per heavy atom. The van der Waals surface area contributed by atoms with Crippen molar-refractivity contribution in [3.63, 3.8) is 0 Å². The van der Waals surface area contributed by atoms with Gasteiger partial charge in [0.1, 0.15) is 6.07 Å². The van der Waals surface area contributed by atoms with Gasteiger partial charge in [0.25, 0.3) is 5.69 Å². The Morgan fingerprint density at radius 3 is 2.95 bits per heavy atom. The standard InChI is InChI=1S/C14H17N3O3/c15-9-12-8-13(17(18)19)4-5-14(12)16-6-1-7-20-10-11-2-3-11/h4-5,8,11,16H,1-3,6-7,10H2. The van der Waals surface area contributed by atoms with E-state index in [-0.39, 0.29) is 11.3 Å². The maximum absolute atomic E-state index is 10.6. The first-order valence-electron chi connectivity index (χ1n) is 6.71. The van der Waals surface area contributed by atoms with Gasteiger partial charge in [-0.1, -0.05) is 0 Å². The number of ether oxygens (including phenoxy) is 1. The van der Waals surface area contributed by atoms with Crippen molar-refractivity contribution in [2.24, 2.45) is 5.92 Å². The number of hydrogen-bond donors (Lipinski definition) is 1. The molecule has 0 radical (unpaired) electrons. The highest BCUT2D eigenvalue weighted by molar-refractivity contribution is 5.61. The first-order valence-corrected chi connectivity index (χ1v) is 6.71. The van der Waals surface area contributed by atoms with E-state index in [9.17, 15) is 10.1 Å². The number of nitriles is 1. The summed E-state index contributed by atoms with van der Waals surface area (Å²) < 4.78 is 5.51. The molecule has 1 fully saturated rings. The first-order chi connectivity index (χ1) is 9.70. The van der Waals surface area contributed by atoms with Gasteiger partial charge in [0.2, 0.25) is 0 Å². The third-order valence-electron chi connectivity index (χ3n) is 3.17. The van der Waals surface area contributed by atoms with E-state index in [0.29, 0.717) is 18.8 Å². The molecular formula is C14H17N3O3. The second-order valence-electron chi connectivity index (χ2n) is 4.90. The molecule has 2 rings (SSSR count). The highest BCUT2D eigenvalue weighted by Crippen LogP contribution is 2.28. The molecule has 6 heteroatoms. The Morgan fingerprint density at radius 2 is 2.30 bits per heavy atom. The summed E-state index contributed by atoms with van der Waals surface area (Å²) in [7, 11) is 0. The number of rotatable bonds is 8. The van der Waals surface area contributed by atoms with Crippen LogP contribution in [0.2, 0.25) is 0 Å². The molecule has 1 aromatic rings. The topological polar surface area (TPSA) is 88.2 Å². The molecular weight excluding hydrogens is 258 g/mol. The number of nitro benzene ring substituents is 1. The highest BCUT2D eigenvalue weighted by Gasteiger charge is 2.20. The van der Waals surface area contributed by atoms with E-state index in [4.69, 9.17) is 10.00 Å². The molecule has 0 atom stereocenters. The third-order valence-corrected chi connectivity index (χ3v) is 3.17. The number of anilines is 1. The number of non-ortho nitro benzene ring substituents is 1. The third kappa shape index (κ3) is 4.21. The molecule has 0 aromatic heterocycles. The van der Waals surface area contributed by atoms with Crippen LogP contribution in [0.1, 0.15) is 24.8 Å². The maximum Gasteiger partial charge on any atom is 0.270 e. The second-order valence-corrected chi connectivity index (χ2v) is 4.90. The lowest BCUT2D eigenvalue weighted by Gasteiger charge is -2.08. The van der Waals surface area contributed by atoms with E-state index >= 15 is 0 Å². The molecule has 0 aliphatic heterocycles. The van der Waals surface area contributed by atoms with E-state index in [1.165, 1.54) is 25.0 Å². The Hall–Kier alpha value is -2.13. The molecule has 20 heavy (non-hydrogen) atoms. The van der Waals surface area contributed by atoms with Crippen LogP contribution in [0.15, 0.2) is 18.2 Å². The molecule has 0 unspecified atom stereocenters. The van der Waals surface area contributed by atoms with Crippen molar-refractivity contribution in [3.8, 4) is 6.07 Å². The smallest absolute Gasteiger partial charge is 0.270 e. The van der Waals surface area contributed by atoms with Crippen LogP contribution in [0.3, 0.4) is 0 Å². The van der Waals surface area contributed by atoms with Gasteiger partial charge in [0.15, 0.2) is 0 Å². The number of nitrogens with one attached hydrogen (secondary N) is 1. The summed E-state index contributed by atoms with van der Waals surface area (Å²) in [6.45, 7) is 2.22. The van der Waals surface area contributed by atoms with Crippen LogP contribution in [0.4, 0.5) is 11.4 Å². The fourth-order valence-electron chi connectivity index (χ4n) is 1.82. The van der Waals surface area contributed by atoms with Crippen molar-refractivity contribution in [3.05, 3.63) is 33.9 Å². The van der Waals surface area contributed by atoms with Gasteiger partial charge in [-0.3, -0.25) is 10.1 Å². The molecule has 0 amide bonds. The minimum atomic E-state index is -0.504. The fraction of sp³-hybridized carbons (Fsp3) is 0.500. The Kier molecular flexibility index (Phi) is 4.91. The normalized spacial score (nSPS) is 13.8. The fourth-order valence-corrected chi connectivity index (χ4v) is 1.82. The molecule has 6 nitrogen and oxygen atoms in total. The van der Waals surface area contributed by atoms with Crippen molar-refractivity contribution in [1.29, 1.82) is 5.26 Å². The summed E-state index contributed by atoms with van der Waals surface area (Å²) in [6.07, 6.45) is 3.41. The lowest BCUT2D eigenvalue weighted by Crippen LogP contribution is -2.08. The average molecular weight is 275 g/mol. The Balaban J connectivity index is 1.76. The van der Waals surface area contributed by atoms with Crippen molar-refractivity contribution in [1.82, 2.24) is 0 Å². The van der Waals surface area contributed by atoms with Gasteiger partial charge in [-0.15, -0.1) is 0 Å². The van der Waals surface area contributed by atoms with Gasteiger partial charge in [-0.05, 0) is 31.2 Å². The summed E-state index contributed by atoms with van der Waals surface area (Å²) in [6, 6.07) is 6.22.